The van der Waals surface area contributed by atoms with Gasteiger partial charge in [-0.15, -0.1) is 11.3 Å². The molecule has 0 unspecified atom stereocenters. The third kappa shape index (κ3) is 3.43. The van der Waals surface area contributed by atoms with Crippen molar-refractivity contribution in [1.29, 1.82) is 0 Å². The van der Waals surface area contributed by atoms with Crippen molar-refractivity contribution in [2.24, 2.45) is 0 Å². The standard InChI is InChI=1S/C21H15ClN4O5S/c1-2-29-20(27)17-16-15-18(23-10-24-19(15)32-17)26(21(28)25-16)11-5-6-14(13(22)8-11)31-9-12-4-3-7-30-12/h3-8,10H,2,9H2,1H3,(H,25,28). The minimum Gasteiger partial charge on any atom is -0.484 e. The molecular weight excluding hydrogens is 456 g/mol. The Morgan fingerprint density at radius 1 is 1.31 bits per heavy atom. The topological polar surface area (TPSA) is 107 Å². The van der Waals surface area contributed by atoms with Gasteiger partial charge in [0, 0.05) is 0 Å². The van der Waals surface area contributed by atoms with Crippen molar-refractivity contribution in [3.63, 3.8) is 0 Å². The second-order valence-electron chi connectivity index (χ2n) is 6.65. The minimum absolute atomic E-state index is 0.220. The Kier molecular flexibility index (Phi) is 5.16. The summed E-state index contributed by atoms with van der Waals surface area (Å²) in [6.45, 7) is 2.16. The molecule has 1 N–H and O–H groups in total. The summed E-state index contributed by atoms with van der Waals surface area (Å²) in [6, 6.07) is 8.05. The van der Waals surface area contributed by atoms with Crippen molar-refractivity contribution < 1.29 is 23.5 Å². The number of carbonyl (C=O) groups is 2. The van der Waals surface area contributed by atoms with Gasteiger partial charge < -0.3 is 19.2 Å². The summed E-state index contributed by atoms with van der Waals surface area (Å²) in [4.78, 5) is 36.1. The summed E-state index contributed by atoms with van der Waals surface area (Å²) < 4.78 is 16.1. The summed E-state index contributed by atoms with van der Waals surface area (Å²) in [5, 5.41) is 3.65. The van der Waals surface area contributed by atoms with Crippen LogP contribution in [0.3, 0.4) is 0 Å². The molecule has 0 saturated carbocycles. The van der Waals surface area contributed by atoms with E-state index in [0.717, 1.165) is 11.3 Å². The number of rotatable bonds is 6. The van der Waals surface area contributed by atoms with Crippen LogP contribution in [0.25, 0.3) is 10.2 Å². The zero-order valence-electron chi connectivity index (χ0n) is 16.6. The first-order chi connectivity index (χ1) is 15.6. The van der Waals surface area contributed by atoms with Gasteiger partial charge in [0.15, 0.2) is 5.82 Å². The average molecular weight is 471 g/mol. The van der Waals surface area contributed by atoms with Crippen molar-refractivity contribution >= 4 is 62.3 Å². The van der Waals surface area contributed by atoms with Crippen LogP contribution in [0.2, 0.25) is 5.02 Å². The molecule has 0 atom stereocenters. The Morgan fingerprint density at radius 2 is 2.19 bits per heavy atom. The first kappa shape index (κ1) is 20.3. The van der Waals surface area contributed by atoms with E-state index in [-0.39, 0.29) is 18.1 Å². The number of furan rings is 1. The van der Waals surface area contributed by atoms with Crippen LogP contribution in [0.5, 0.6) is 5.75 Å². The van der Waals surface area contributed by atoms with Gasteiger partial charge in [-0.1, -0.05) is 11.6 Å². The molecule has 3 aromatic heterocycles. The third-order valence-corrected chi connectivity index (χ3v) is 6.07. The fourth-order valence-electron chi connectivity index (χ4n) is 3.34. The van der Waals surface area contributed by atoms with Gasteiger partial charge in [-0.2, -0.15) is 0 Å². The maximum Gasteiger partial charge on any atom is 0.350 e. The molecule has 4 heterocycles. The Morgan fingerprint density at radius 3 is 2.94 bits per heavy atom. The van der Waals surface area contributed by atoms with Gasteiger partial charge in [-0.3, -0.25) is 0 Å². The van der Waals surface area contributed by atoms with Gasteiger partial charge in [0.2, 0.25) is 0 Å². The predicted octanol–water partition coefficient (Wildman–Crippen LogP) is 5.38. The normalized spacial score (nSPS) is 12.7. The summed E-state index contributed by atoms with van der Waals surface area (Å²) in [5.74, 6) is 0.927. The molecule has 162 valence electrons. The molecule has 0 fully saturated rings. The molecule has 2 amide bonds. The highest BCUT2D eigenvalue weighted by atomic mass is 35.5. The summed E-state index contributed by atoms with van der Waals surface area (Å²) in [6.07, 6.45) is 2.91. The van der Waals surface area contributed by atoms with Gasteiger partial charge in [-0.05, 0) is 37.3 Å². The quantitative estimate of drug-likeness (QED) is 0.377. The predicted molar refractivity (Wildman–Crippen MR) is 119 cm³/mol. The number of amides is 2. The molecule has 0 aliphatic carbocycles. The van der Waals surface area contributed by atoms with Gasteiger partial charge in [0.1, 0.15) is 34.2 Å². The Hall–Kier alpha value is -3.63. The van der Waals surface area contributed by atoms with Crippen molar-refractivity contribution in [1.82, 2.24) is 9.97 Å². The zero-order valence-corrected chi connectivity index (χ0v) is 18.2. The van der Waals surface area contributed by atoms with Crippen LogP contribution in [0.15, 0.2) is 47.3 Å². The Bertz CT molecular complexity index is 1340. The van der Waals surface area contributed by atoms with E-state index < -0.39 is 12.0 Å². The van der Waals surface area contributed by atoms with E-state index >= 15 is 0 Å². The first-order valence-corrected chi connectivity index (χ1v) is 10.8. The Balaban J connectivity index is 1.51. The first-order valence-electron chi connectivity index (χ1n) is 9.57. The number of nitrogens with zero attached hydrogens (tertiary/aromatic N) is 3. The molecule has 1 aliphatic heterocycles. The van der Waals surface area contributed by atoms with Crippen LogP contribution >= 0.6 is 22.9 Å². The largest absolute Gasteiger partial charge is 0.484 e. The second-order valence-corrected chi connectivity index (χ2v) is 8.06. The van der Waals surface area contributed by atoms with Gasteiger partial charge in [0.25, 0.3) is 0 Å². The number of benzene rings is 1. The van der Waals surface area contributed by atoms with E-state index in [1.54, 1.807) is 43.5 Å². The number of esters is 1. The van der Waals surface area contributed by atoms with Crippen LogP contribution in [-0.2, 0) is 11.3 Å². The molecule has 1 aliphatic rings. The van der Waals surface area contributed by atoms with E-state index in [4.69, 9.17) is 25.5 Å². The van der Waals surface area contributed by atoms with E-state index in [9.17, 15) is 9.59 Å². The third-order valence-electron chi connectivity index (χ3n) is 4.70. The van der Waals surface area contributed by atoms with Crippen molar-refractivity contribution in [3.8, 4) is 5.75 Å². The SMILES string of the molecule is CCOC(=O)c1sc2ncnc3c2c1NC(=O)N3c1ccc(OCc2ccco2)c(Cl)c1. The summed E-state index contributed by atoms with van der Waals surface area (Å²) >= 11 is 7.55. The smallest absolute Gasteiger partial charge is 0.350 e. The maximum absolute atomic E-state index is 13.0. The van der Waals surface area contributed by atoms with Crippen LogP contribution in [0.4, 0.5) is 22.0 Å². The van der Waals surface area contributed by atoms with Gasteiger partial charge in [0.05, 0.1) is 34.7 Å². The van der Waals surface area contributed by atoms with Gasteiger partial charge in [-0.25, -0.2) is 24.5 Å². The molecule has 32 heavy (non-hydrogen) atoms. The number of hydrogen-bond donors (Lipinski definition) is 1. The lowest BCUT2D eigenvalue weighted by Gasteiger charge is -2.27. The summed E-state index contributed by atoms with van der Waals surface area (Å²) in [7, 11) is 0. The lowest BCUT2D eigenvalue weighted by atomic mass is 10.2. The molecule has 0 bridgehead atoms. The second kappa shape index (κ2) is 8.13. The summed E-state index contributed by atoms with van der Waals surface area (Å²) in [5.41, 5.74) is 0.831. The number of carbonyl (C=O) groups excluding carboxylic acids is 2. The number of halogens is 1. The maximum atomic E-state index is 13.0. The van der Waals surface area contributed by atoms with Crippen molar-refractivity contribution in [2.75, 3.05) is 16.8 Å². The fraction of sp³-hybridized carbons (Fsp3) is 0.143. The lowest BCUT2D eigenvalue weighted by Crippen LogP contribution is -2.34. The molecular formula is C21H15ClN4O5S. The fourth-order valence-corrected chi connectivity index (χ4v) is 4.55. The number of thiophene rings is 1. The lowest BCUT2D eigenvalue weighted by molar-refractivity contribution is 0.0533. The molecule has 0 spiro atoms. The van der Waals surface area contributed by atoms with Gasteiger partial charge >= 0.3 is 12.0 Å². The number of aromatic nitrogens is 2. The molecule has 0 radical (unpaired) electrons. The highest BCUT2D eigenvalue weighted by molar-refractivity contribution is 7.21. The van der Waals surface area contributed by atoms with Crippen LogP contribution in [0.1, 0.15) is 22.4 Å². The monoisotopic (exact) mass is 470 g/mol. The van der Waals surface area contributed by atoms with Crippen molar-refractivity contribution in [3.05, 3.63) is 58.6 Å². The van der Waals surface area contributed by atoms with E-state index in [0.29, 0.717) is 43.9 Å². The minimum atomic E-state index is -0.522. The van der Waals surface area contributed by atoms with E-state index in [2.05, 4.69) is 15.3 Å². The number of anilines is 3. The van der Waals surface area contributed by atoms with Crippen molar-refractivity contribution in [2.45, 2.75) is 13.5 Å². The van der Waals surface area contributed by atoms with E-state index in [1.807, 2.05) is 0 Å². The molecule has 4 aromatic rings. The number of ether oxygens (including phenoxy) is 2. The molecule has 0 saturated heterocycles. The highest BCUT2D eigenvalue weighted by Gasteiger charge is 2.34. The van der Waals surface area contributed by atoms with E-state index in [1.165, 1.54) is 11.2 Å². The molecule has 11 heteroatoms. The number of urea groups is 1. The number of nitrogens with one attached hydrogen (secondary N) is 1. The molecule has 9 nitrogen and oxygen atoms in total. The Labute approximate surface area is 190 Å². The van der Waals surface area contributed by atoms with Crippen LogP contribution in [-0.4, -0.2) is 28.6 Å². The zero-order chi connectivity index (χ0) is 22.2. The number of hydrogen-bond acceptors (Lipinski definition) is 8. The molecule has 1 aromatic carbocycles. The average Bonchev–Trinajstić information content (AvgIpc) is 3.42. The van der Waals surface area contributed by atoms with Crippen LogP contribution < -0.4 is 15.0 Å². The molecule has 5 rings (SSSR count). The van der Waals surface area contributed by atoms with Crippen LogP contribution in [0, 0.1) is 0 Å². The highest BCUT2D eigenvalue weighted by Crippen LogP contribution is 2.45.